The summed E-state index contributed by atoms with van der Waals surface area (Å²) in [5, 5.41) is 15.9. The second-order valence-corrected chi connectivity index (χ2v) is 9.76. The van der Waals surface area contributed by atoms with Gasteiger partial charge in [0.2, 0.25) is 11.8 Å². The van der Waals surface area contributed by atoms with Crippen LogP contribution in [0.5, 0.6) is 11.5 Å². The minimum Gasteiger partial charge on any atom is -0.497 e. The van der Waals surface area contributed by atoms with Crippen LogP contribution in [-0.4, -0.2) is 68.9 Å². The number of fused-ring (bicyclic) bond motifs is 2. The van der Waals surface area contributed by atoms with Crippen LogP contribution in [0.25, 0.3) is 21.8 Å². The number of hydrogen-bond acceptors (Lipinski definition) is 7. The van der Waals surface area contributed by atoms with Crippen LogP contribution in [0, 0.1) is 0 Å². The molecule has 4 heterocycles. The summed E-state index contributed by atoms with van der Waals surface area (Å²) in [6.45, 7) is 1.10. The van der Waals surface area contributed by atoms with E-state index < -0.39 is 5.92 Å². The maximum atomic E-state index is 13.2. The predicted molar refractivity (Wildman–Crippen MR) is 138 cm³/mol. The van der Waals surface area contributed by atoms with Crippen molar-refractivity contribution >= 4 is 39.5 Å². The number of ether oxygens (including phenoxy) is 2. The quantitative estimate of drug-likeness (QED) is 0.390. The van der Waals surface area contributed by atoms with Gasteiger partial charge in [-0.05, 0) is 24.6 Å². The normalized spacial score (nSPS) is 18.7. The molecule has 0 aliphatic carbocycles. The fourth-order valence-corrected chi connectivity index (χ4v) is 5.43. The molecule has 6 rings (SSSR count). The lowest BCUT2D eigenvalue weighted by molar-refractivity contribution is -0.134. The topological polar surface area (TPSA) is 131 Å². The van der Waals surface area contributed by atoms with Crippen molar-refractivity contribution in [2.75, 3.05) is 20.2 Å². The van der Waals surface area contributed by atoms with Gasteiger partial charge in [0.25, 0.3) is 5.91 Å². The maximum Gasteiger partial charge on any atom is 0.274 e. The molecule has 0 saturated carbocycles. The number of aromatic nitrogens is 4. The van der Waals surface area contributed by atoms with Crippen molar-refractivity contribution in [3.63, 3.8) is 0 Å². The number of likely N-dealkylation sites (tertiary alicyclic amines) is 1. The van der Waals surface area contributed by atoms with E-state index in [1.807, 2.05) is 48.3 Å². The average Bonchev–Trinajstić information content (AvgIpc) is 3.50. The summed E-state index contributed by atoms with van der Waals surface area (Å²) < 4.78 is 13.4. The molecular weight excluding hydrogens is 488 g/mol. The highest BCUT2D eigenvalue weighted by Gasteiger charge is 2.33. The van der Waals surface area contributed by atoms with E-state index in [0.717, 1.165) is 21.8 Å². The van der Waals surface area contributed by atoms with Crippen LogP contribution < -0.4 is 14.8 Å². The average molecular weight is 517 g/mol. The monoisotopic (exact) mass is 516 g/mol. The zero-order valence-electron chi connectivity index (χ0n) is 21.2. The predicted octanol–water partition coefficient (Wildman–Crippen LogP) is 2.66. The molecule has 2 saturated heterocycles. The molecule has 0 bridgehead atoms. The number of piperidine rings is 2. The molecular formula is C27H28N6O5. The van der Waals surface area contributed by atoms with Crippen LogP contribution in [0.4, 0.5) is 0 Å². The second-order valence-electron chi connectivity index (χ2n) is 9.76. The Hall–Kier alpha value is -4.41. The first-order chi connectivity index (χ1) is 18.4. The zero-order valence-corrected chi connectivity index (χ0v) is 21.2. The van der Waals surface area contributed by atoms with Crippen molar-refractivity contribution in [3.8, 4) is 11.5 Å². The van der Waals surface area contributed by atoms with Gasteiger partial charge in [-0.15, -0.1) is 0 Å². The van der Waals surface area contributed by atoms with Gasteiger partial charge >= 0.3 is 0 Å². The fourth-order valence-electron chi connectivity index (χ4n) is 5.43. The molecule has 3 amide bonds. The van der Waals surface area contributed by atoms with Crippen LogP contribution in [0.3, 0.4) is 0 Å². The van der Waals surface area contributed by atoms with E-state index in [9.17, 15) is 14.4 Å². The van der Waals surface area contributed by atoms with Gasteiger partial charge in [0.1, 0.15) is 23.1 Å². The molecule has 1 atom stereocenters. The molecule has 2 aromatic heterocycles. The van der Waals surface area contributed by atoms with Crippen LogP contribution in [0.2, 0.25) is 0 Å². The molecule has 11 nitrogen and oxygen atoms in total. The third-order valence-electron chi connectivity index (χ3n) is 7.42. The number of H-pyrrole nitrogens is 1. The lowest BCUT2D eigenvalue weighted by Crippen LogP contribution is -2.42. The van der Waals surface area contributed by atoms with E-state index in [0.29, 0.717) is 61.7 Å². The summed E-state index contributed by atoms with van der Waals surface area (Å²) in [5.41, 5.74) is 2.63. The van der Waals surface area contributed by atoms with E-state index in [-0.39, 0.29) is 23.8 Å². The molecule has 1 unspecified atom stereocenters. The zero-order chi connectivity index (χ0) is 26.4. The van der Waals surface area contributed by atoms with Crippen LogP contribution >= 0.6 is 0 Å². The molecule has 2 aliphatic heterocycles. The molecule has 0 spiro atoms. The second kappa shape index (κ2) is 9.47. The van der Waals surface area contributed by atoms with Gasteiger partial charge in [0.15, 0.2) is 5.69 Å². The molecule has 11 heteroatoms. The molecule has 4 aromatic rings. The standard InChI is InChI=1S/C27H28N6O5/c1-32-25-18(23(31-32)19-8-9-22(34)28-26(19)35)4-3-5-21(25)38-15-10-12-33(13-11-15)27(36)24-17-7-6-16(37-2)14-20(17)29-30-24/h3-7,14-15,19H,8-13H2,1-2H3,(H,29,30)(H,28,34,35). The summed E-state index contributed by atoms with van der Waals surface area (Å²) in [7, 11) is 3.43. The van der Waals surface area contributed by atoms with Crippen LogP contribution in [-0.2, 0) is 16.6 Å². The van der Waals surface area contributed by atoms with Crippen molar-refractivity contribution < 1.29 is 23.9 Å². The number of aryl methyl sites for hydroxylation is 1. The van der Waals surface area contributed by atoms with Gasteiger partial charge in [-0.2, -0.15) is 10.2 Å². The first kappa shape index (κ1) is 24.0. The lowest BCUT2D eigenvalue weighted by Gasteiger charge is -2.32. The molecule has 2 N–H and O–H groups in total. The third kappa shape index (κ3) is 4.13. The number of carbonyl (C=O) groups excluding carboxylic acids is 3. The Morgan fingerprint density at radius 1 is 1.08 bits per heavy atom. The minimum absolute atomic E-state index is 0.0706. The highest BCUT2D eigenvalue weighted by molar-refractivity contribution is 6.05. The number of nitrogens with zero attached hydrogens (tertiary/aromatic N) is 4. The molecule has 38 heavy (non-hydrogen) atoms. The van der Waals surface area contributed by atoms with Gasteiger partial charge in [-0.1, -0.05) is 12.1 Å². The third-order valence-corrected chi connectivity index (χ3v) is 7.42. The van der Waals surface area contributed by atoms with Gasteiger partial charge in [0, 0.05) is 56.2 Å². The molecule has 196 valence electrons. The van der Waals surface area contributed by atoms with Crippen molar-refractivity contribution in [3.05, 3.63) is 47.8 Å². The number of hydrogen-bond donors (Lipinski definition) is 2. The number of amides is 3. The van der Waals surface area contributed by atoms with E-state index in [1.165, 1.54) is 0 Å². The van der Waals surface area contributed by atoms with Gasteiger partial charge in [0.05, 0.1) is 24.2 Å². The number of para-hydroxylation sites is 1. The number of carbonyl (C=O) groups is 3. The molecule has 2 aromatic carbocycles. The van der Waals surface area contributed by atoms with Crippen LogP contribution in [0.15, 0.2) is 36.4 Å². The number of imide groups is 1. The Labute approximate surface area is 218 Å². The summed E-state index contributed by atoms with van der Waals surface area (Å²) in [6, 6.07) is 11.2. The van der Waals surface area contributed by atoms with Crippen molar-refractivity contribution in [1.82, 2.24) is 30.2 Å². The SMILES string of the molecule is COc1ccc2c(C(=O)N3CCC(Oc4cccc5c(C6CCC(=O)NC6=O)nn(C)c45)CC3)n[nH]c2c1. The fraction of sp³-hybridized carbons (Fsp3) is 0.370. The maximum absolute atomic E-state index is 13.2. The van der Waals surface area contributed by atoms with E-state index >= 15 is 0 Å². The van der Waals surface area contributed by atoms with Crippen molar-refractivity contribution in [2.45, 2.75) is 37.7 Å². The van der Waals surface area contributed by atoms with Gasteiger partial charge < -0.3 is 14.4 Å². The highest BCUT2D eigenvalue weighted by atomic mass is 16.5. The highest BCUT2D eigenvalue weighted by Crippen LogP contribution is 2.35. The Morgan fingerprint density at radius 2 is 1.89 bits per heavy atom. The summed E-state index contributed by atoms with van der Waals surface area (Å²) >= 11 is 0. The number of methoxy groups -OCH3 is 1. The largest absolute Gasteiger partial charge is 0.497 e. The first-order valence-electron chi connectivity index (χ1n) is 12.7. The molecule has 2 fully saturated rings. The Bertz CT molecular complexity index is 1560. The van der Waals surface area contributed by atoms with Crippen LogP contribution in [0.1, 0.15) is 47.8 Å². The number of benzene rings is 2. The Kier molecular flexibility index (Phi) is 5.97. The van der Waals surface area contributed by atoms with Crippen molar-refractivity contribution in [1.29, 1.82) is 0 Å². The molecule has 2 aliphatic rings. The first-order valence-corrected chi connectivity index (χ1v) is 12.7. The summed E-state index contributed by atoms with van der Waals surface area (Å²) in [4.78, 5) is 39.1. The van der Waals surface area contributed by atoms with E-state index in [4.69, 9.17) is 9.47 Å². The summed E-state index contributed by atoms with van der Waals surface area (Å²) in [6.07, 6.45) is 2.02. The Morgan fingerprint density at radius 3 is 2.66 bits per heavy atom. The van der Waals surface area contributed by atoms with E-state index in [1.54, 1.807) is 11.8 Å². The summed E-state index contributed by atoms with van der Waals surface area (Å²) in [5.74, 6) is 0.246. The number of nitrogens with one attached hydrogen (secondary N) is 2. The van der Waals surface area contributed by atoms with Gasteiger partial charge in [-0.25, -0.2) is 0 Å². The molecule has 0 radical (unpaired) electrons. The lowest BCUT2D eigenvalue weighted by atomic mass is 9.93. The smallest absolute Gasteiger partial charge is 0.274 e. The van der Waals surface area contributed by atoms with E-state index in [2.05, 4.69) is 20.6 Å². The van der Waals surface area contributed by atoms with Crippen molar-refractivity contribution in [2.24, 2.45) is 7.05 Å². The Balaban J connectivity index is 1.16. The minimum atomic E-state index is -0.472. The number of aromatic amines is 1. The number of rotatable bonds is 5. The van der Waals surface area contributed by atoms with Gasteiger partial charge in [-0.3, -0.25) is 29.5 Å².